The number of sulfonamides is 1. The Hall–Kier alpha value is -2.00. The molecule has 27 heavy (non-hydrogen) atoms. The molecule has 3 atom stereocenters. The highest BCUT2D eigenvalue weighted by Gasteiger charge is 2.39. The number of hydrogen-bond donors (Lipinski definition) is 2. The molecule has 3 aromatic heterocycles. The molecule has 0 aromatic carbocycles. The lowest BCUT2D eigenvalue weighted by molar-refractivity contribution is 0.505. The van der Waals surface area contributed by atoms with Crippen LogP contribution in [0.25, 0.3) is 16.8 Å². The van der Waals surface area contributed by atoms with Crippen molar-refractivity contribution in [1.29, 1.82) is 0 Å². The van der Waals surface area contributed by atoms with E-state index in [9.17, 15) is 8.42 Å². The van der Waals surface area contributed by atoms with Gasteiger partial charge < -0.3 is 4.98 Å². The average Bonchev–Trinajstić information content (AvgIpc) is 3.40. The normalized spacial score (nSPS) is 27.2. The molecule has 2 saturated carbocycles. The highest BCUT2D eigenvalue weighted by atomic mass is 32.2. The fraction of sp³-hybridized carbons (Fsp3) is 0.611. The lowest BCUT2D eigenvalue weighted by atomic mass is 9.97. The molecule has 3 aromatic rings. The summed E-state index contributed by atoms with van der Waals surface area (Å²) in [5.41, 5.74) is 2.47. The van der Waals surface area contributed by atoms with Gasteiger partial charge >= 0.3 is 0 Å². The van der Waals surface area contributed by atoms with Crippen LogP contribution in [-0.2, 0) is 10.0 Å². The highest BCUT2D eigenvalue weighted by Crippen LogP contribution is 2.40. The molecule has 5 rings (SSSR count). The van der Waals surface area contributed by atoms with Gasteiger partial charge in [0.25, 0.3) is 0 Å². The van der Waals surface area contributed by atoms with Crippen LogP contribution in [0.2, 0.25) is 0 Å². The number of aromatic amines is 1. The molecule has 2 aliphatic rings. The predicted molar refractivity (Wildman–Crippen MR) is 102 cm³/mol. The molecule has 0 amide bonds. The lowest BCUT2D eigenvalue weighted by Gasteiger charge is -2.17. The molecular formula is C18H24N6O2S. The maximum absolute atomic E-state index is 12.7. The van der Waals surface area contributed by atoms with Crippen molar-refractivity contribution in [3.63, 3.8) is 0 Å². The van der Waals surface area contributed by atoms with Gasteiger partial charge in [0.1, 0.15) is 5.82 Å². The van der Waals surface area contributed by atoms with E-state index in [2.05, 4.69) is 31.8 Å². The van der Waals surface area contributed by atoms with Crippen LogP contribution in [0.4, 0.5) is 0 Å². The number of H-pyrrole nitrogens is 1. The van der Waals surface area contributed by atoms with E-state index in [-0.39, 0.29) is 17.2 Å². The Bertz CT molecular complexity index is 1080. The third kappa shape index (κ3) is 2.84. The van der Waals surface area contributed by atoms with E-state index in [1.54, 1.807) is 6.20 Å². The molecule has 0 spiro atoms. The van der Waals surface area contributed by atoms with Gasteiger partial charge in [0, 0.05) is 18.2 Å². The molecular weight excluding hydrogens is 364 g/mol. The van der Waals surface area contributed by atoms with E-state index in [4.69, 9.17) is 0 Å². The summed E-state index contributed by atoms with van der Waals surface area (Å²) in [5.74, 6) is 1.39. The molecule has 144 valence electrons. The molecule has 0 saturated heterocycles. The number of fused-ring (bicyclic) bond motifs is 3. The summed E-state index contributed by atoms with van der Waals surface area (Å²) in [6.45, 7) is 2.17. The number of nitrogens with one attached hydrogen (secondary N) is 2. The van der Waals surface area contributed by atoms with Crippen LogP contribution in [0, 0.1) is 5.92 Å². The Morgan fingerprint density at radius 3 is 2.85 bits per heavy atom. The summed E-state index contributed by atoms with van der Waals surface area (Å²) < 4.78 is 30.4. The standard InChI is InChI=1S/C18H24N6O2S/c1-11-8-12(23-27(25,26)13-4-2-3-5-13)9-14(11)18-22-21-16-10-20-17-15(24(16)18)6-7-19-17/h6-7,10-14,19,23H,2-5,8-9H2,1H3/t11-,12?,14+/m0/s1. The van der Waals surface area contributed by atoms with Gasteiger partial charge in [0.15, 0.2) is 11.3 Å². The monoisotopic (exact) mass is 388 g/mol. The Morgan fingerprint density at radius 2 is 2.04 bits per heavy atom. The van der Waals surface area contributed by atoms with Crippen molar-refractivity contribution in [2.24, 2.45) is 5.92 Å². The Morgan fingerprint density at radius 1 is 1.22 bits per heavy atom. The maximum atomic E-state index is 12.7. The Labute approximate surface area is 157 Å². The van der Waals surface area contributed by atoms with Crippen LogP contribution < -0.4 is 4.72 Å². The van der Waals surface area contributed by atoms with Crippen LogP contribution in [0.1, 0.15) is 57.2 Å². The molecule has 0 bridgehead atoms. The second-order valence-corrected chi connectivity index (χ2v) is 10.0. The molecule has 9 heteroatoms. The van der Waals surface area contributed by atoms with Crippen molar-refractivity contribution in [3.05, 3.63) is 24.3 Å². The van der Waals surface area contributed by atoms with Gasteiger partial charge in [-0.1, -0.05) is 19.8 Å². The van der Waals surface area contributed by atoms with Gasteiger partial charge in [-0.05, 0) is 37.7 Å². The SMILES string of the molecule is C[C@H]1CC(NS(=O)(=O)C2CCCC2)C[C@H]1c1nnc2cnc3[nH]ccc3n12. The first-order valence-electron chi connectivity index (χ1n) is 9.71. The lowest BCUT2D eigenvalue weighted by Crippen LogP contribution is -2.39. The third-order valence-corrected chi connectivity index (χ3v) is 8.26. The fourth-order valence-corrected chi connectivity index (χ4v) is 6.67. The van der Waals surface area contributed by atoms with E-state index in [1.165, 1.54) is 0 Å². The summed E-state index contributed by atoms with van der Waals surface area (Å²) in [6.07, 6.45) is 8.76. The topological polar surface area (TPSA) is 105 Å². The largest absolute Gasteiger partial charge is 0.345 e. The van der Waals surface area contributed by atoms with Gasteiger partial charge in [-0.15, -0.1) is 10.2 Å². The Balaban J connectivity index is 1.43. The summed E-state index contributed by atoms with van der Waals surface area (Å²) in [7, 11) is -3.24. The molecule has 3 heterocycles. The second kappa shape index (κ2) is 6.27. The summed E-state index contributed by atoms with van der Waals surface area (Å²) in [4.78, 5) is 7.49. The van der Waals surface area contributed by atoms with Gasteiger partial charge in [0.2, 0.25) is 10.0 Å². The van der Waals surface area contributed by atoms with Crippen molar-refractivity contribution < 1.29 is 8.42 Å². The minimum absolute atomic E-state index is 0.0356. The van der Waals surface area contributed by atoms with Crippen LogP contribution in [-0.4, -0.2) is 44.3 Å². The first kappa shape index (κ1) is 17.1. The van der Waals surface area contributed by atoms with Crippen molar-refractivity contribution >= 4 is 26.8 Å². The van der Waals surface area contributed by atoms with Crippen LogP contribution in [0.3, 0.4) is 0 Å². The highest BCUT2D eigenvalue weighted by molar-refractivity contribution is 7.90. The number of hydrogen-bond acceptors (Lipinski definition) is 5. The molecule has 0 radical (unpaired) electrons. The van der Waals surface area contributed by atoms with Crippen molar-refractivity contribution in [3.8, 4) is 0 Å². The first-order chi connectivity index (χ1) is 13.0. The quantitative estimate of drug-likeness (QED) is 0.714. The van der Waals surface area contributed by atoms with Crippen molar-refractivity contribution in [2.45, 2.75) is 62.7 Å². The zero-order chi connectivity index (χ0) is 18.6. The van der Waals surface area contributed by atoms with Crippen molar-refractivity contribution in [2.75, 3.05) is 0 Å². The molecule has 8 nitrogen and oxygen atoms in total. The van der Waals surface area contributed by atoms with E-state index in [1.807, 2.05) is 16.7 Å². The van der Waals surface area contributed by atoms with E-state index < -0.39 is 10.0 Å². The van der Waals surface area contributed by atoms with Gasteiger partial charge in [0.05, 0.1) is 17.0 Å². The second-order valence-electron chi connectivity index (χ2n) is 8.04. The molecule has 2 fully saturated rings. The summed E-state index contributed by atoms with van der Waals surface area (Å²) >= 11 is 0. The van der Waals surface area contributed by atoms with Crippen LogP contribution in [0.15, 0.2) is 18.5 Å². The zero-order valence-corrected chi connectivity index (χ0v) is 16.1. The van der Waals surface area contributed by atoms with Gasteiger partial charge in [-0.2, -0.15) is 0 Å². The Kier molecular flexibility index (Phi) is 3.98. The van der Waals surface area contributed by atoms with Crippen molar-refractivity contribution in [1.82, 2.24) is 29.3 Å². The summed E-state index contributed by atoms with van der Waals surface area (Å²) in [6, 6.07) is 1.94. The van der Waals surface area contributed by atoms with E-state index in [0.29, 0.717) is 5.92 Å². The minimum atomic E-state index is -3.24. The minimum Gasteiger partial charge on any atom is -0.345 e. The van der Waals surface area contributed by atoms with E-state index in [0.717, 1.165) is 61.2 Å². The smallest absolute Gasteiger partial charge is 0.214 e. The molecule has 1 unspecified atom stereocenters. The number of rotatable bonds is 4. The first-order valence-corrected chi connectivity index (χ1v) is 11.3. The van der Waals surface area contributed by atoms with Gasteiger partial charge in [-0.25, -0.2) is 18.1 Å². The zero-order valence-electron chi connectivity index (χ0n) is 15.3. The van der Waals surface area contributed by atoms with Crippen LogP contribution in [0.5, 0.6) is 0 Å². The van der Waals surface area contributed by atoms with Crippen LogP contribution >= 0.6 is 0 Å². The number of nitrogens with zero attached hydrogens (tertiary/aromatic N) is 4. The molecule has 2 aliphatic carbocycles. The molecule has 0 aliphatic heterocycles. The maximum Gasteiger partial charge on any atom is 0.214 e. The average molecular weight is 388 g/mol. The fourth-order valence-electron chi connectivity index (χ4n) is 4.87. The summed E-state index contributed by atoms with van der Waals surface area (Å²) in [5, 5.41) is 8.52. The molecule has 2 N–H and O–H groups in total. The van der Waals surface area contributed by atoms with Gasteiger partial charge in [-0.3, -0.25) is 4.40 Å². The third-order valence-electron chi connectivity index (χ3n) is 6.25. The predicted octanol–water partition coefficient (Wildman–Crippen LogP) is 2.35. The van der Waals surface area contributed by atoms with E-state index >= 15 is 0 Å². The number of aromatic nitrogens is 5.